The summed E-state index contributed by atoms with van der Waals surface area (Å²) < 4.78 is 41.4. The normalized spacial score (nSPS) is 11.5. The lowest BCUT2D eigenvalue weighted by molar-refractivity contribution is -0.274. The molecule has 0 bridgehead atoms. The number of ether oxygens (including phenoxy) is 1. The molecule has 0 saturated heterocycles. The van der Waals surface area contributed by atoms with E-state index in [4.69, 9.17) is 0 Å². The second kappa shape index (κ2) is 4.48. The molecule has 1 radical (unpaired) electrons. The molecule has 1 aromatic heterocycles. The van der Waals surface area contributed by atoms with Crippen molar-refractivity contribution in [2.24, 2.45) is 0 Å². The predicted octanol–water partition coefficient (Wildman–Crippen LogP) is 2.63. The molecule has 1 aromatic carbocycles. The van der Waals surface area contributed by atoms with Gasteiger partial charge in [0.2, 0.25) is 0 Å². The Labute approximate surface area is 95.4 Å². The van der Waals surface area contributed by atoms with Gasteiger partial charge in [0.15, 0.2) is 0 Å². The molecule has 0 aliphatic heterocycles. The monoisotopic (exact) mass is 241 g/mol. The fraction of sp³-hybridized carbons (Fsp3) is 0.182. The summed E-state index contributed by atoms with van der Waals surface area (Å²) in [4.78, 5) is 0. The van der Waals surface area contributed by atoms with E-state index in [0.29, 0.717) is 12.1 Å². The Kier molecular flexibility index (Phi) is 3.03. The van der Waals surface area contributed by atoms with Crippen LogP contribution in [0.2, 0.25) is 0 Å². The maximum Gasteiger partial charge on any atom is 0.573 e. The van der Waals surface area contributed by atoms with E-state index >= 15 is 0 Å². The number of hydrogen-bond donors (Lipinski definition) is 0. The fourth-order valence-electron chi connectivity index (χ4n) is 1.37. The Balaban J connectivity index is 2.12. The van der Waals surface area contributed by atoms with Crippen molar-refractivity contribution in [1.29, 1.82) is 0 Å². The van der Waals surface area contributed by atoms with Gasteiger partial charge in [-0.1, -0.05) is 12.1 Å². The third kappa shape index (κ3) is 3.51. The smallest absolute Gasteiger partial charge is 0.406 e. The summed E-state index contributed by atoms with van der Waals surface area (Å²) in [6.45, 7) is 0.374. The second-order valence-electron chi connectivity index (χ2n) is 3.33. The van der Waals surface area contributed by atoms with Crippen LogP contribution in [0.5, 0.6) is 5.75 Å². The Bertz CT molecular complexity index is 480. The van der Waals surface area contributed by atoms with Crippen molar-refractivity contribution in [3.05, 3.63) is 48.3 Å². The standard InChI is InChI=1S/C11H8F3N2O/c12-11(13,14)17-10-4-1-3-9(7-10)8-16-6-2-5-15-16/h1,3-7H,8H2. The van der Waals surface area contributed by atoms with Gasteiger partial charge in [-0.2, -0.15) is 5.10 Å². The van der Waals surface area contributed by atoms with E-state index < -0.39 is 6.36 Å². The van der Waals surface area contributed by atoms with Gasteiger partial charge in [-0.15, -0.1) is 13.2 Å². The van der Waals surface area contributed by atoms with Crippen molar-refractivity contribution in [1.82, 2.24) is 9.78 Å². The zero-order chi connectivity index (χ0) is 12.3. The lowest BCUT2D eigenvalue weighted by Gasteiger charge is -2.10. The quantitative estimate of drug-likeness (QED) is 0.825. The van der Waals surface area contributed by atoms with Crippen LogP contribution in [-0.4, -0.2) is 16.1 Å². The minimum atomic E-state index is -4.67. The van der Waals surface area contributed by atoms with Crippen LogP contribution in [0.25, 0.3) is 0 Å². The van der Waals surface area contributed by atoms with E-state index in [9.17, 15) is 13.2 Å². The third-order valence-corrected chi connectivity index (χ3v) is 1.98. The Morgan fingerprint density at radius 3 is 2.82 bits per heavy atom. The molecule has 0 unspecified atom stereocenters. The Morgan fingerprint density at radius 1 is 1.35 bits per heavy atom. The molecule has 0 fully saturated rings. The zero-order valence-corrected chi connectivity index (χ0v) is 8.61. The van der Waals surface area contributed by atoms with Gasteiger partial charge in [0, 0.05) is 12.3 Å². The molecule has 17 heavy (non-hydrogen) atoms. The predicted molar refractivity (Wildman–Crippen MR) is 53.3 cm³/mol. The topological polar surface area (TPSA) is 27.1 Å². The molecule has 0 saturated carbocycles. The number of aromatic nitrogens is 2. The molecular weight excluding hydrogens is 233 g/mol. The molecule has 1 heterocycles. The Hall–Kier alpha value is -1.98. The van der Waals surface area contributed by atoms with Gasteiger partial charge < -0.3 is 4.74 Å². The van der Waals surface area contributed by atoms with E-state index in [1.54, 1.807) is 16.9 Å². The molecule has 0 atom stereocenters. The number of benzene rings is 1. The fourth-order valence-corrected chi connectivity index (χ4v) is 1.37. The molecule has 89 valence electrons. The van der Waals surface area contributed by atoms with Crippen LogP contribution >= 0.6 is 0 Å². The van der Waals surface area contributed by atoms with Crippen LogP contribution in [0.15, 0.2) is 36.7 Å². The highest BCUT2D eigenvalue weighted by Crippen LogP contribution is 2.23. The zero-order valence-electron chi connectivity index (χ0n) is 8.61. The lowest BCUT2D eigenvalue weighted by atomic mass is 10.2. The molecule has 0 N–H and O–H groups in total. The number of hydrogen-bond acceptors (Lipinski definition) is 2. The summed E-state index contributed by atoms with van der Waals surface area (Å²) in [5.41, 5.74) is 0.670. The summed E-state index contributed by atoms with van der Waals surface area (Å²) in [7, 11) is 0. The van der Waals surface area contributed by atoms with Gasteiger partial charge in [0.1, 0.15) is 5.75 Å². The summed E-state index contributed by atoms with van der Waals surface area (Å²) in [5, 5.41) is 3.91. The molecule has 2 aromatic rings. The molecule has 2 rings (SSSR count). The van der Waals surface area contributed by atoms with E-state index in [2.05, 4.69) is 15.9 Å². The number of alkyl halides is 3. The van der Waals surface area contributed by atoms with Crippen molar-refractivity contribution in [3.63, 3.8) is 0 Å². The first-order valence-electron chi connectivity index (χ1n) is 4.76. The highest BCUT2D eigenvalue weighted by Gasteiger charge is 2.31. The van der Waals surface area contributed by atoms with Gasteiger partial charge in [-0.05, 0) is 17.7 Å². The van der Waals surface area contributed by atoms with Crippen molar-refractivity contribution in [2.75, 3.05) is 0 Å². The SMILES string of the molecule is FC(F)(F)Oc1cccc(Cn2c[c]cn2)c1. The highest BCUT2D eigenvalue weighted by molar-refractivity contribution is 5.28. The minimum absolute atomic E-state index is 0.230. The van der Waals surface area contributed by atoms with Crippen molar-refractivity contribution in [3.8, 4) is 5.75 Å². The number of halogens is 3. The largest absolute Gasteiger partial charge is 0.573 e. The molecule has 0 spiro atoms. The molecular formula is C11H8F3N2O. The van der Waals surface area contributed by atoms with E-state index in [0.717, 1.165) is 0 Å². The summed E-state index contributed by atoms with van der Waals surface area (Å²) >= 11 is 0. The first-order valence-corrected chi connectivity index (χ1v) is 4.76. The maximum atomic E-state index is 12.0. The van der Waals surface area contributed by atoms with Crippen LogP contribution in [0, 0.1) is 6.07 Å². The molecule has 0 aliphatic carbocycles. The minimum Gasteiger partial charge on any atom is -0.406 e. The molecule has 0 amide bonds. The first kappa shape index (κ1) is 11.5. The van der Waals surface area contributed by atoms with Crippen LogP contribution < -0.4 is 4.74 Å². The van der Waals surface area contributed by atoms with Gasteiger partial charge in [0.25, 0.3) is 0 Å². The molecule has 3 nitrogen and oxygen atoms in total. The van der Waals surface area contributed by atoms with Crippen molar-refractivity contribution in [2.45, 2.75) is 12.9 Å². The van der Waals surface area contributed by atoms with Gasteiger partial charge >= 0.3 is 6.36 Å². The van der Waals surface area contributed by atoms with Crippen LogP contribution in [0.3, 0.4) is 0 Å². The molecule has 0 aliphatic rings. The summed E-state index contributed by atoms with van der Waals surface area (Å²) in [5.74, 6) is -0.230. The van der Waals surface area contributed by atoms with Crippen LogP contribution in [0.1, 0.15) is 5.56 Å². The number of nitrogens with zero attached hydrogens (tertiary/aromatic N) is 2. The summed E-state index contributed by atoms with van der Waals surface area (Å²) in [6.07, 6.45) is -1.58. The van der Waals surface area contributed by atoms with Gasteiger partial charge in [0.05, 0.1) is 12.7 Å². The van der Waals surface area contributed by atoms with Crippen LogP contribution in [-0.2, 0) is 6.54 Å². The lowest BCUT2D eigenvalue weighted by Crippen LogP contribution is -2.17. The second-order valence-corrected chi connectivity index (χ2v) is 3.33. The molecule has 6 heteroatoms. The van der Waals surface area contributed by atoms with E-state index in [1.807, 2.05) is 0 Å². The van der Waals surface area contributed by atoms with Gasteiger partial charge in [-0.3, -0.25) is 4.68 Å². The van der Waals surface area contributed by atoms with Crippen LogP contribution in [0.4, 0.5) is 13.2 Å². The first-order chi connectivity index (χ1) is 8.03. The Morgan fingerprint density at radius 2 is 2.18 bits per heavy atom. The van der Waals surface area contributed by atoms with E-state index in [1.165, 1.54) is 24.4 Å². The summed E-state index contributed by atoms with van der Waals surface area (Å²) in [6, 6.07) is 8.53. The third-order valence-electron chi connectivity index (χ3n) is 1.98. The number of rotatable bonds is 3. The van der Waals surface area contributed by atoms with E-state index in [-0.39, 0.29) is 5.75 Å². The maximum absolute atomic E-state index is 12.0. The average Bonchev–Trinajstić information content (AvgIpc) is 2.68. The average molecular weight is 241 g/mol. The highest BCUT2D eigenvalue weighted by atomic mass is 19.4. The van der Waals surface area contributed by atoms with Gasteiger partial charge in [-0.25, -0.2) is 0 Å². The van der Waals surface area contributed by atoms with Crippen molar-refractivity contribution < 1.29 is 17.9 Å². The van der Waals surface area contributed by atoms with Crippen molar-refractivity contribution >= 4 is 0 Å².